The second-order valence-electron chi connectivity index (χ2n) is 4.20. The topological polar surface area (TPSA) is 45.6 Å². The molecule has 2 heterocycles. The maximum absolute atomic E-state index is 4.19. The standard InChI is InChI=1S/C12H18N4/c1-8-5-6-9(2)16(8)13-7-12-10(3)14-15-11(12)4/h5-6,13H,7H2,1-4H3,(H,14,15). The van der Waals surface area contributed by atoms with Crippen LogP contribution in [-0.4, -0.2) is 14.9 Å². The fraction of sp³-hybridized carbons (Fsp3) is 0.417. The van der Waals surface area contributed by atoms with Gasteiger partial charge in [-0.3, -0.25) is 9.77 Å². The average molecular weight is 218 g/mol. The first kappa shape index (κ1) is 10.8. The van der Waals surface area contributed by atoms with Crippen molar-refractivity contribution in [3.8, 4) is 0 Å². The third-order valence-electron chi connectivity index (χ3n) is 2.97. The fourth-order valence-electron chi connectivity index (χ4n) is 1.91. The molecule has 4 heteroatoms. The number of hydrogen-bond acceptors (Lipinski definition) is 2. The number of H-pyrrole nitrogens is 1. The summed E-state index contributed by atoms with van der Waals surface area (Å²) >= 11 is 0. The zero-order chi connectivity index (χ0) is 11.7. The summed E-state index contributed by atoms with van der Waals surface area (Å²) in [4.78, 5) is 0. The quantitative estimate of drug-likeness (QED) is 0.829. The van der Waals surface area contributed by atoms with Crippen LogP contribution in [0.1, 0.15) is 28.3 Å². The van der Waals surface area contributed by atoms with Gasteiger partial charge in [-0.1, -0.05) is 0 Å². The summed E-state index contributed by atoms with van der Waals surface area (Å²) in [5.41, 5.74) is 9.28. The molecule has 0 unspecified atom stereocenters. The number of nitrogens with one attached hydrogen (secondary N) is 2. The molecule has 16 heavy (non-hydrogen) atoms. The largest absolute Gasteiger partial charge is 0.321 e. The Bertz CT molecular complexity index is 408. The lowest BCUT2D eigenvalue weighted by Crippen LogP contribution is -2.17. The first-order valence-electron chi connectivity index (χ1n) is 5.49. The second kappa shape index (κ2) is 4.04. The third kappa shape index (κ3) is 1.83. The molecule has 2 aromatic heterocycles. The van der Waals surface area contributed by atoms with Crippen LogP contribution in [0.25, 0.3) is 0 Å². The van der Waals surface area contributed by atoms with Crippen LogP contribution in [0.5, 0.6) is 0 Å². The molecule has 2 rings (SSSR count). The zero-order valence-corrected chi connectivity index (χ0v) is 10.3. The van der Waals surface area contributed by atoms with E-state index in [2.05, 4.69) is 46.3 Å². The molecule has 0 aliphatic heterocycles. The molecular weight excluding hydrogens is 200 g/mol. The second-order valence-corrected chi connectivity index (χ2v) is 4.20. The van der Waals surface area contributed by atoms with Crippen LogP contribution in [0.3, 0.4) is 0 Å². The first-order chi connectivity index (χ1) is 7.59. The predicted molar refractivity (Wildman–Crippen MR) is 65.0 cm³/mol. The summed E-state index contributed by atoms with van der Waals surface area (Å²) in [5, 5.41) is 7.18. The lowest BCUT2D eigenvalue weighted by molar-refractivity contribution is 0.788. The van der Waals surface area contributed by atoms with Crippen molar-refractivity contribution in [2.75, 3.05) is 5.43 Å². The normalized spacial score (nSPS) is 10.8. The molecule has 0 aromatic carbocycles. The van der Waals surface area contributed by atoms with E-state index in [0.29, 0.717) is 0 Å². The van der Waals surface area contributed by atoms with Crippen LogP contribution in [0.15, 0.2) is 12.1 Å². The summed E-state index contributed by atoms with van der Waals surface area (Å²) in [6, 6.07) is 4.22. The van der Waals surface area contributed by atoms with Crippen molar-refractivity contribution < 1.29 is 0 Å². The van der Waals surface area contributed by atoms with Gasteiger partial charge in [0.25, 0.3) is 0 Å². The highest BCUT2D eigenvalue weighted by atomic mass is 15.4. The number of aromatic amines is 1. The number of aromatic nitrogens is 3. The Morgan fingerprint density at radius 1 is 1.19 bits per heavy atom. The maximum Gasteiger partial charge on any atom is 0.0644 e. The molecule has 0 amide bonds. The van der Waals surface area contributed by atoms with Gasteiger partial charge in [-0.15, -0.1) is 0 Å². The Balaban J connectivity index is 2.14. The van der Waals surface area contributed by atoms with Gasteiger partial charge < -0.3 is 5.43 Å². The SMILES string of the molecule is Cc1n[nH]c(C)c1CNn1c(C)ccc1C. The van der Waals surface area contributed by atoms with Crippen molar-refractivity contribution in [1.82, 2.24) is 14.9 Å². The highest BCUT2D eigenvalue weighted by Gasteiger charge is 2.06. The van der Waals surface area contributed by atoms with E-state index in [4.69, 9.17) is 0 Å². The molecular formula is C12H18N4. The highest BCUT2D eigenvalue weighted by Crippen LogP contribution is 2.10. The lowest BCUT2D eigenvalue weighted by Gasteiger charge is -2.12. The minimum absolute atomic E-state index is 0.796. The van der Waals surface area contributed by atoms with Gasteiger partial charge >= 0.3 is 0 Å². The summed E-state index contributed by atoms with van der Waals surface area (Å²) in [6.07, 6.45) is 0. The van der Waals surface area contributed by atoms with E-state index in [-0.39, 0.29) is 0 Å². The fourth-order valence-corrected chi connectivity index (χ4v) is 1.91. The molecule has 0 saturated heterocycles. The Kier molecular flexibility index (Phi) is 2.73. The van der Waals surface area contributed by atoms with E-state index >= 15 is 0 Å². The molecule has 0 fully saturated rings. The van der Waals surface area contributed by atoms with Gasteiger partial charge in [-0.2, -0.15) is 5.10 Å². The Labute approximate surface area is 95.6 Å². The predicted octanol–water partition coefficient (Wildman–Crippen LogP) is 2.19. The molecule has 0 aliphatic rings. The lowest BCUT2D eigenvalue weighted by atomic mass is 10.2. The van der Waals surface area contributed by atoms with E-state index in [1.807, 2.05) is 13.8 Å². The molecule has 0 saturated carbocycles. The Morgan fingerprint density at radius 3 is 2.31 bits per heavy atom. The van der Waals surface area contributed by atoms with Gasteiger partial charge in [0.15, 0.2) is 0 Å². The third-order valence-corrected chi connectivity index (χ3v) is 2.97. The van der Waals surface area contributed by atoms with Crippen molar-refractivity contribution in [3.05, 3.63) is 40.5 Å². The molecule has 86 valence electrons. The number of hydrogen-bond donors (Lipinski definition) is 2. The van der Waals surface area contributed by atoms with E-state index in [1.165, 1.54) is 17.0 Å². The van der Waals surface area contributed by atoms with Crippen molar-refractivity contribution in [1.29, 1.82) is 0 Å². The zero-order valence-electron chi connectivity index (χ0n) is 10.3. The van der Waals surface area contributed by atoms with E-state index in [9.17, 15) is 0 Å². The summed E-state index contributed by atoms with van der Waals surface area (Å²) < 4.78 is 2.10. The molecule has 2 aromatic rings. The van der Waals surface area contributed by atoms with E-state index < -0.39 is 0 Å². The van der Waals surface area contributed by atoms with Gasteiger partial charge in [0, 0.05) is 22.6 Å². The molecule has 0 atom stereocenters. The first-order valence-corrected chi connectivity index (χ1v) is 5.49. The Hall–Kier alpha value is -1.71. The molecule has 0 spiro atoms. The van der Waals surface area contributed by atoms with Crippen molar-refractivity contribution >= 4 is 0 Å². The number of aryl methyl sites for hydroxylation is 4. The van der Waals surface area contributed by atoms with Gasteiger partial charge in [-0.05, 0) is 39.8 Å². The van der Waals surface area contributed by atoms with Gasteiger partial charge in [0.1, 0.15) is 0 Å². The average Bonchev–Trinajstić information content (AvgIpc) is 2.72. The summed E-state index contributed by atoms with van der Waals surface area (Å²) in [7, 11) is 0. The van der Waals surface area contributed by atoms with Gasteiger partial charge in [-0.25, -0.2) is 0 Å². The number of nitrogens with zero attached hydrogens (tertiary/aromatic N) is 2. The van der Waals surface area contributed by atoms with Crippen molar-refractivity contribution in [3.63, 3.8) is 0 Å². The Morgan fingerprint density at radius 2 is 1.81 bits per heavy atom. The maximum atomic E-state index is 4.19. The van der Waals surface area contributed by atoms with Crippen LogP contribution >= 0.6 is 0 Å². The van der Waals surface area contributed by atoms with Crippen LogP contribution in [0.2, 0.25) is 0 Å². The van der Waals surface area contributed by atoms with Crippen molar-refractivity contribution in [2.24, 2.45) is 0 Å². The smallest absolute Gasteiger partial charge is 0.0644 e. The molecule has 0 aliphatic carbocycles. The van der Waals surface area contributed by atoms with Gasteiger partial charge in [0.2, 0.25) is 0 Å². The summed E-state index contributed by atoms with van der Waals surface area (Å²) in [6.45, 7) is 9.05. The monoisotopic (exact) mass is 218 g/mol. The molecule has 0 radical (unpaired) electrons. The van der Waals surface area contributed by atoms with Crippen LogP contribution < -0.4 is 5.43 Å². The van der Waals surface area contributed by atoms with Crippen molar-refractivity contribution in [2.45, 2.75) is 34.2 Å². The molecule has 4 nitrogen and oxygen atoms in total. The van der Waals surface area contributed by atoms with E-state index in [0.717, 1.165) is 17.9 Å². The van der Waals surface area contributed by atoms with Crippen LogP contribution in [0, 0.1) is 27.7 Å². The van der Waals surface area contributed by atoms with E-state index in [1.54, 1.807) is 0 Å². The molecule has 2 N–H and O–H groups in total. The minimum atomic E-state index is 0.796. The highest BCUT2D eigenvalue weighted by molar-refractivity contribution is 5.25. The summed E-state index contributed by atoms with van der Waals surface area (Å²) in [5.74, 6) is 0. The minimum Gasteiger partial charge on any atom is -0.321 e. The number of rotatable bonds is 3. The van der Waals surface area contributed by atoms with Crippen LogP contribution in [-0.2, 0) is 6.54 Å². The van der Waals surface area contributed by atoms with Gasteiger partial charge in [0.05, 0.1) is 12.2 Å². The van der Waals surface area contributed by atoms with Crippen LogP contribution in [0.4, 0.5) is 0 Å². The molecule has 0 bridgehead atoms.